The predicted molar refractivity (Wildman–Crippen MR) is 139 cm³/mol. The van der Waals surface area contributed by atoms with Crippen molar-refractivity contribution >= 4 is 43.4 Å². The maximum absolute atomic E-state index is 13.2. The van der Waals surface area contributed by atoms with Gasteiger partial charge in [0.1, 0.15) is 5.41 Å². The molecule has 0 spiro atoms. The molecule has 0 aliphatic heterocycles. The van der Waals surface area contributed by atoms with Gasteiger partial charge < -0.3 is 5.11 Å². The van der Waals surface area contributed by atoms with Crippen LogP contribution in [0.25, 0.3) is 21.5 Å². The first kappa shape index (κ1) is 21.4. The van der Waals surface area contributed by atoms with Gasteiger partial charge in [-0.3, -0.25) is 4.79 Å². The molecule has 0 heterocycles. The molecule has 0 amide bonds. The molecule has 0 aliphatic rings. The Morgan fingerprint density at radius 3 is 1.67 bits per heavy atom. The highest BCUT2D eigenvalue weighted by Crippen LogP contribution is 2.49. The fraction of sp³-hybridized carbons (Fsp3) is 0.100. The minimum Gasteiger partial charge on any atom is -0.481 e. The number of carboxylic acids is 1. The third kappa shape index (κ3) is 3.53. The Morgan fingerprint density at radius 2 is 1.15 bits per heavy atom. The minimum atomic E-state index is -1.23. The summed E-state index contributed by atoms with van der Waals surface area (Å²) in [5.74, 6) is -1.29. The van der Waals surface area contributed by atoms with E-state index in [1.165, 1.54) is 0 Å². The van der Waals surface area contributed by atoms with E-state index in [0.717, 1.165) is 42.7 Å². The fourth-order valence-electron chi connectivity index (χ4n) is 5.07. The number of benzene rings is 5. The molecule has 162 valence electrons. The second-order valence-electron chi connectivity index (χ2n) is 8.56. The average molecular weight is 495 g/mol. The maximum atomic E-state index is 13.2. The molecular weight excluding hydrogens is 472 g/mol. The van der Waals surface area contributed by atoms with Crippen LogP contribution in [-0.2, 0) is 10.2 Å². The Kier molecular flexibility index (Phi) is 5.51. The summed E-state index contributed by atoms with van der Waals surface area (Å²) in [6, 6.07) is 36.4. The summed E-state index contributed by atoms with van der Waals surface area (Å²) in [4.78, 5) is 13.2. The summed E-state index contributed by atoms with van der Waals surface area (Å²) in [5.41, 5.74) is 1.53. The quantitative estimate of drug-likeness (QED) is 0.269. The van der Waals surface area contributed by atoms with Crippen LogP contribution in [0.1, 0.15) is 29.5 Å². The largest absolute Gasteiger partial charge is 0.481 e. The van der Waals surface area contributed by atoms with Crippen molar-refractivity contribution < 1.29 is 9.90 Å². The lowest BCUT2D eigenvalue weighted by Crippen LogP contribution is -2.40. The van der Waals surface area contributed by atoms with E-state index in [9.17, 15) is 9.90 Å². The van der Waals surface area contributed by atoms with Crippen LogP contribution in [0.4, 0.5) is 0 Å². The van der Waals surface area contributed by atoms with E-state index in [4.69, 9.17) is 0 Å². The van der Waals surface area contributed by atoms with Gasteiger partial charge in [0.05, 0.1) is 0 Å². The highest BCUT2D eigenvalue weighted by molar-refractivity contribution is 9.10. The minimum absolute atomic E-state index is 0.425. The molecule has 0 bridgehead atoms. The van der Waals surface area contributed by atoms with Crippen LogP contribution < -0.4 is 0 Å². The number of hydrogen-bond donors (Lipinski definition) is 1. The zero-order chi connectivity index (χ0) is 23.0. The van der Waals surface area contributed by atoms with Gasteiger partial charge in [-0.25, -0.2) is 0 Å². The summed E-state index contributed by atoms with van der Waals surface area (Å²) in [6.45, 7) is 1.85. The molecule has 0 saturated heterocycles. The standard InChI is InChI=1S/C30H23BrO2/c1-30(29(32)33,26-18-6-7-19-27(26)31)28(24-16-8-12-20-10-2-4-14-22(20)24)25-17-9-13-21-11-3-5-15-23(21)25/h2-19,28H,1H3,(H,32,33)/t30-/m0/s1. The number of hydrogen-bond acceptors (Lipinski definition) is 1. The van der Waals surface area contributed by atoms with Gasteiger partial charge in [-0.15, -0.1) is 0 Å². The van der Waals surface area contributed by atoms with Gasteiger partial charge >= 0.3 is 5.97 Å². The number of aliphatic carboxylic acids is 1. The second kappa shape index (κ2) is 8.49. The van der Waals surface area contributed by atoms with Gasteiger partial charge in [0.2, 0.25) is 0 Å². The van der Waals surface area contributed by atoms with E-state index in [2.05, 4.69) is 64.5 Å². The zero-order valence-corrected chi connectivity index (χ0v) is 19.8. The van der Waals surface area contributed by atoms with E-state index < -0.39 is 17.3 Å². The predicted octanol–water partition coefficient (Wildman–Crippen LogP) is 7.93. The molecule has 2 nitrogen and oxygen atoms in total. The van der Waals surface area contributed by atoms with Gasteiger partial charge in [-0.05, 0) is 51.2 Å². The fourth-order valence-corrected chi connectivity index (χ4v) is 5.77. The number of rotatable bonds is 5. The Balaban J connectivity index is 1.93. The van der Waals surface area contributed by atoms with Crippen molar-refractivity contribution in [1.29, 1.82) is 0 Å². The van der Waals surface area contributed by atoms with E-state index >= 15 is 0 Å². The molecule has 33 heavy (non-hydrogen) atoms. The molecule has 3 heteroatoms. The monoisotopic (exact) mass is 494 g/mol. The molecule has 0 radical (unpaired) electrons. The summed E-state index contributed by atoms with van der Waals surface area (Å²) >= 11 is 3.65. The van der Waals surface area contributed by atoms with Crippen LogP contribution in [0.15, 0.2) is 114 Å². The van der Waals surface area contributed by atoms with Crippen molar-refractivity contribution in [3.05, 3.63) is 130 Å². The lowest BCUT2D eigenvalue weighted by molar-refractivity contribution is -0.143. The SMILES string of the molecule is C[C@](C(=O)O)(c1ccccc1Br)C(c1cccc2ccccc12)c1cccc2ccccc12. The summed E-state index contributed by atoms with van der Waals surface area (Å²) in [6.07, 6.45) is 0. The number of carbonyl (C=O) groups is 1. The molecule has 0 unspecified atom stereocenters. The maximum Gasteiger partial charge on any atom is 0.314 e. The number of fused-ring (bicyclic) bond motifs is 2. The Labute approximate surface area is 201 Å². The zero-order valence-electron chi connectivity index (χ0n) is 18.2. The lowest BCUT2D eigenvalue weighted by Gasteiger charge is -2.37. The van der Waals surface area contributed by atoms with Gasteiger partial charge in [-0.1, -0.05) is 119 Å². The smallest absolute Gasteiger partial charge is 0.314 e. The number of carboxylic acid groups (broad SMARTS) is 1. The summed E-state index contributed by atoms with van der Waals surface area (Å²) in [7, 11) is 0. The second-order valence-corrected chi connectivity index (χ2v) is 9.41. The molecule has 0 saturated carbocycles. The molecular formula is C30H23BrO2. The van der Waals surface area contributed by atoms with Crippen molar-refractivity contribution in [2.24, 2.45) is 0 Å². The molecule has 0 aromatic heterocycles. The highest BCUT2D eigenvalue weighted by Gasteiger charge is 2.46. The first-order chi connectivity index (χ1) is 16.0. The van der Waals surface area contributed by atoms with Crippen molar-refractivity contribution in [2.45, 2.75) is 18.3 Å². The van der Waals surface area contributed by atoms with E-state index in [1.54, 1.807) is 0 Å². The first-order valence-electron chi connectivity index (χ1n) is 11.0. The van der Waals surface area contributed by atoms with Gasteiger partial charge in [0.25, 0.3) is 0 Å². The third-order valence-electron chi connectivity index (χ3n) is 6.72. The molecule has 0 aliphatic carbocycles. The van der Waals surface area contributed by atoms with Crippen molar-refractivity contribution in [2.75, 3.05) is 0 Å². The molecule has 1 N–H and O–H groups in total. The van der Waals surface area contributed by atoms with Crippen LogP contribution in [0.3, 0.4) is 0 Å². The van der Waals surface area contributed by atoms with Crippen LogP contribution in [-0.4, -0.2) is 11.1 Å². The van der Waals surface area contributed by atoms with Crippen molar-refractivity contribution in [1.82, 2.24) is 0 Å². The van der Waals surface area contributed by atoms with Crippen LogP contribution >= 0.6 is 15.9 Å². The Morgan fingerprint density at radius 1 is 0.697 bits per heavy atom. The highest BCUT2D eigenvalue weighted by atomic mass is 79.9. The topological polar surface area (TPSA) is 37.3 Å². The van der Waals surface area contributed by atoms with Crippen molar-refractivity contribution in [3.8, 4) is 0 Å². The van der Waals surface area contributed by atoms with Crippen LogP contribution in [0.5, 0.6) is 0 Å². The van der Waals surface area contributed by atoms with Gasteiger partial charge in [0.15, 0.2) is 0 Å². The van der Waals surface area contributed by atoms with Crippen molar-refractivity contribution in [3.63, 3.8) is 0 Å². The third-order valence-corrected chi connectivity index (χ3v) is 7.42. The lowest BCUT2D eigenvalue weighted by atomic mass is 9.64. The van der Waals surface area contributed by atoms with E-state index in [1.807, 2.05) is 67.6 Å². The Bertz CT molecular complexity index is 1400. The van der Waals surface area contributed by atoms with Gasteiger partial charge in [0, 0.05) is 10.4 Å². The molecule has 5 aromatic rings. The summed E-state index contributed by atoms with van der Waals surface area (Å²) in [5, 5.41) is 15.2. The van der Waals surface area contributed by atoms with Crippen LogP contribution in [0, 0.1) is 0 Å². The molecule has 5 rings (SSSR count). The average Bonchev–Trinajstić information content (AvgIpc) is 2.84. The molecule has 0 fully saturated rings. The molecule has 1 atom stereocenters. The van der Waals surface area contributed by atoms with Gasteiger partial charge in [-0.2, -0.15) is 0 Å². The first-order valence-corrected chi connectivity index (χ1v) is 11.7. The molecule has 5 aromatic carbocycles. The number of halogens is 1. The van der Waals surface area contributed by atoms with E-state index in [0.29, 0.717) is 0 Å². The normalized spacial score (nSPS) is 13.3. The Hall–Kier alpha value is -3.43. The van der Waals surface area contributed by atoms with Crippen LogP contribution in [0.2, 0.25) is 0 Å². The van der Waals surface area contributed by atoms with E-state index in [-0.39, 0.29) is 0 Å². The summed E-state index contributed by atoms with van der Waals surface area (Å²) < 4.78 is 0.792.